The summed E-state index contributed by atoms with van der Waals surface area (Å²) in [4.78, 5) is 11.0. The molecule has 0 fully saturated rings. The van der Waals surface area contributed by atoms with Gasteiger partial charge in [0.1, 0.15) is 0 Å². The van der Waals surface area contributed by atoms with Gasteiger partial charge in [-0.2, -0.15) is 0 Å². The number of para-hydroxylation sites is 1. The first kappa shape index (κ1) is 22.4. The summed E-state index contributed by atoms with van der Waals surface area (Å²) in [5.74, 6) is -0.419. The van der Waals surface area contributed by atoms with Crippen molar-refractivity contribution in [2.45, 2.75) is 25.7 Å². The standard InChI is InChI=1S/C24H31N3O2/c1-19(22-12-3-4-13-23(22)25-2)8-7-17-26-18-21-11-5-9-20(15-16-21)10-6-14-24(28)27-29/h3-6,9-10,12-13,15-16,25-26,29H,1,7-8,11,14,17-18H2,2H3,(H,27,28)/b10-6+. The number of carbonyl (C=O) groups is 1. The summed E-state index contributed by atoms with van der Waals surface area (Å²) in [6.45, 7) is 6.03. The van der Waals surface area contributed by atoms with Gasteiger partial charge in [-0.1, -0.05) is 66.8 Å². The second kappa shape index (κ2) is 12.5. The topological polar surface area (TPSA) is 73.4 Å². The van der Waals surface area contributed by atoms with Crippen LogP contribution in [-0.2, 0) is 4.79 Å². The molecule has 0 aromatic heterocycles. The summed E-state index contributed by atoms with van der Waals surface area (Å²) in [6.07, 6.45) is 15.0. The van der Waals surface area contributed by atoms with Crippen LogP contribution in [0.25, 0.3) is 5.57 Å². The van der Waals surface area contributed by atoms with Gasteiger partial charge in [0.15, 0.2) is 0 Å². The monoisotopic (exact) mass is 393 g/mol. The molecule has 4 N–H and O–H groups in total. The maximum absolute atomic E-state index is 11.0. The number of hydrogen-bond donors (Lipinski definition) is 4. The second-order valence-electron chi connectivity index (χ2n) is 6.92. The van der Waals surface area contributed by atoms with E-state index in [1.807, 2.05) is 37.4 Å². The van der Waals surface area contributed by atoms with Crippen LogP contribution in [0.1, 0.15) is 31.2 Å². The van der Waals surface area contributed by atoms with Crippen LogP contribution in [0.15, 0.2) is 78.4 Å². The Hall–Kier alpha value is -2.89. The third-order valence-electron chi connectivity index (χ3n) is 4.70. The molecule has 1 amide bonds. The first-order valence-corrected chi connectivity index (χ1v) is 9.95. The van der Waals surface area contributed by atoms with Crippen LogP contribution in [0.2, 0.25) is 0 Å². The Bertz CT molecular complexity index is 819. The lowest BCUT2D eigenvalue weighted by atomic mass is 10.0. The lowest BCUT2D eigenvalue weighted by Gasteiger charge is -2.12. The molecule has 5 heteroatoms. The molecule has 0 saturated heterocycles. The third kappa shape index (κ3) is 7.94. The van der Waals surface area contributed by atoms with Gasteiger partial charge in [0.2, 0.25) is 5.91 Å². The predicted octanol–water partition coefficient (Wildman–Crippen LogP) is 4.38. The van der Waals surface area contributed by atoms with Crippen molar-refractivity contribution in [2.24, 2.45) is 0 Å². The van der Waals surface area contributed by atoms with Crippen LogP contribution in [0.5, 0.6) is 0 Å². The Morgan fingerprint density at radius 3 is 2.90 bits per heavy atom. The minimum absolute atomic E-state index is 0.157. The molecule has 0 saturated carbocycles. The van der Waals surface area contributed by atoms with Crippen molar-refractivity contribution in [3.63, 3.8) is 0 Å². The van der Waals surface area contributed by atoms with Gasteiger partial charge in [-0.15, -0.1) is 0 Å². The van der Waals surface area contributed by atoms with Gasteiger partial charge in [-0.3, -0.25) is 10.0 Å². The number of benzene rings is 1. The highest BCUT2D eigenvalue weighted by Gasteiger charge is 2.04. The maximum atomic E-state index is 11.0. The molecule has 0 spiro atoms. The minimum Gasteiger partial charge on any atom is -0.388 e. The molecule has 0 bridgehead atoms. The molecule has 0 atom stereocenters. The Morgan fingerprint density at radius 1 is 1.28 bits per heavy atom. The van der Waals surface area contributed by atoms with E-state index in [0.29, 0.717) is 0 Å². The molecule has 1 aromatic carbocycles. The first-order chi connectivity index (χ1) is 14.1. The predicted molar refractivity (Wildman–Crippen MR) is 121 cm³/mol. The lowest BCUT2D eigenvalue weighted by molar-refractivity contribution is -0.128. The molecule has 2 rings (SSSR count). The molecular weight excluding hydrogens is 362 g/mol. The van der Waals surface area contributed by atoms with Crippen LogP contribution in [0, 0.1) is 0 Å². The molecule has 0 radical (unpaired) electrons. The Kier molecular flexibility index (Phi) is 9.69. The highest BCUT2D eigenvalue weighted by atomic mass is 16.5. The van der Waals surface area contributed by atoms with E-state index in [0.717, 1.165) is 49.2 Å². The number of nitrogens with one attached hydrogen (secondary N) is 3. The molecule has 0 unspecified atom stereocenters. The fraction of sp³-hybridized carbons (Fsp3) is 0.292. The number of hydrogen-bond acceptors (Lipinski definition) is 4. The molecule has 29 heavy (non-hydrogen) atoms. The van der Waals surface area contributed by atoms with Crippen LogP contribution >= 0.6 is 0 Å². The van der Waals surface area contributed by atoms with E-state index in [2.05, 4.69) is 41.5 Å². The Morgan fingerprint density at radius 2 is 2.10 bits per heavy atom. The van der Waals surface area contributed by atoms with Crippen molar-refractivity contribution in [3.05, 3.63) is 84.0 Å². The van der Waals surface area contributed by atoms with Crippen molar-refractivity contribution < 1.29 is 10.0 Å². The Balaban J connectivity index is 1.73. The van der Waals surface area contributed by atoms with Gasteiger partial charge >= 0.3 is 0 Å². The molecule has 0 aliphatic heterocycles. The normalized spacial score (nSPS) is 13.6. The molecular formula is C24H31N3O2. The average Bonchev–Trinajstić information content (AvgIpc) is 2.98. The molecule has 1 aliphatic rings. The largest absolute Gasteiger partial charge is 0.388 e. The van der Waals surface area contributed by atoms with Crippen molar-refractivity contribution in [2.75, 3.05) is 25.5 Å². The van der Waals surface area contributed by atoms with Gasteiger partial charge < -0.3 is 10.6 Å². The molecule has 1 aliphatic carbocycles. The molecule has 0 heterocycles. The van der Waals surface area contributed by atoms with E-state index in [4.69, 9.17) is 5.21 Å². The average molecular weight is 394 g/mol. The van der Waals surface area contributed by atoms with Crippen LogP contribution < -0.4 is 16.1 Å². The number of amides is 1. The summed E-state index contributed by atoms with van der Waals surface area (Å²) in [5, 5.41) is 15.2. The SMILES string of the molecule is C=C(CCCNCC1=CC=C(/C=C/CC(=O)NO)C=CC1)c1ccccc1NC. The summed E-state index contributed by atoms with van der Waals surface area (Å²) >= 11 is 0. The summed E-state index contributed by atoms with van der Waals surface area (Å²) in [7, 11) is 1.93. The zero-order valence-corrected chi connectivity index (χ0v) is 17.1. The highest BCUT2D eigenvalue weighted by molar-refractivity contribution is 5.76. The lowest BCUT2D eigenvalue weighted by Crippen LogP contribution is -2.18. The van der Waals surface area contributed by atoms with E-state index in [1.165, 1.54) is 11.1 Å². The Labute approximate surface area is 173 Å². The molecule has 5 nitrogen and oxygen atoms in total. The van der Waals surface area contributed by atoms with Crippen LogP contribution in [0.4, 0.5) is 5.69 Å². The number of carbonyl (C=O) groups excluding carboxylic acids is 1. The van der Waals surface area contributed by atoms with E-state index in [1.54, 1.807) is 11.6 Å². The van der Waals surface area contributed by atoms with Crippen molar-refractivity contribution in [3.8, 4) is 0 Å². The van der Waals surface area contributed by atoms with Gasteiger partial charge in [0, 0.05) is 31.3 Å². The van der Waals surface area contributed by atoms with Crippen molar-refractivity contribution >= 4 is 17.2 Å². The summed E-state index contributed by atoms with van der Waals surface area (Å²) in [6, 6.07) is 8.26. The summed E-state index contributed by atoms with van der Waals surface area (Å²) in [5.41, 5.74) is 7.43. The fourth-order valence-electron chi connectivity index (χ4n) is 3.09. The van der Waals surface area contributed by atoms with Gasteiger partial charge in [0.25, 0.3) is 0 Å². The smallest absolute Gasteiger partial charge is 0.247 e. The number of rotatable bonds is 11. The highest BCUT2D eigenvalue weighted by Crippen LogP contribution is 2.25. The van der Waals surface area contributed by atoms with Crippen molar-refractivity contribution in [1.82, 2.24) is 10.8 Å². The minimum atomic E-state index is -0.419. The maximum Gasteiger partial charge on any atom is 0.247 e. The van der Waals surface area contributed by atoms with E-state index >= 15 is 0 Å². The number of hydroxylamine groups is 1. The summed E-state index contributed by atoms with van der Waals surface area (Å²) < 4.78 is 0. The zero-order chi connectivity index (χ0) is 20.9. The first-order valence-electron chi connectivity index (χ1n) is 9.95. The second-order valence-corrected chi connectivity index (χ2v) is 6.92. The number of anilines is 1. The van der Waals surface area contributed by atoms with Crippen molar-refractivity contribution in [1.29, 1.82) is 0 Å². The van der Waals surface area contributed by atoms with Gasteiger partial charge in [0.05, 0.1) is 0 Å². The van der Waals surface area contributed by atoms with E-state index < -0.39 is 5.91 Å². The van der Waals surface area contributed by atoms with E-state index in [9.17, 15) is 4.79 Å². The molecule has 1 aromatic rings. The van der Waals surface area contributed by atoms with Crippen LogP contribution in [0.3, 0.4) is 0 Å². The third-order valence-corrected chi connectivity index (χ3v) is 4.70. The fourth-order valence-corrected chi connectivity index (χ4v) is 3.09. The number of allylic oxidation sites excluding steroid dienone is 7. The van der Waals surface area contributed by atoms with Gasteiger partial charge in [-0.25, -0.2) is 5.48 Å². The van der Waals surface area contributed by atoms with Gasteiger partial charge in [-0.05, 0) is 43.0 Å². The zero-order valence-electron chi connectivity index (χ0n) is 17.1. The van der Waals surface area contributed by atoms with E-state index in [-0.39, 0.29) is 6.42 Å². The van der Waals surface area contributed by atoms with Crippen LogP contribution in [-0.4, -0.2) is 31.3 Å². The quantitative estimate of drug-likeness (QED) is 0.256. The molecule has 154 valence electrons.